The first-order valence-corrected chi connectivity index (χ1v) is 11.9. The van der Waals surface area contributed by atoms with Crippen LogP contribution in [0.4, 0.5) is 0 Å². The Morgan fingerprint density at radius 2 is 1.76 bits per heavy atom. The van der Waals surface area contributed by atoms with Gasteiger partial charge in [-0.25, -0.2) is 0 Å². The second kappa shape index (κ2) is 11.3. The van der Waals surface area contributed by atoms with Crippen LogP contribution in [0.5, 0.6) is 11.5 Å². The van der Waals surface area contributed by atoms with Crippen LogP contribution in [0.3, 0.4) is 0 Å². The molecule has 0 unspecified atom stereocenters. The summed E-state index contributed by atoms with van der Waals surface area (Å²) in [4.78, 5) is 23.7. The lowest BCUT2D eigenvalue weighted by molar-refractivity contribution is -0.119. The van der Waals surface area contributed by atoms with Gasteiger partial charge in [0.05, 0.1) is 18.1 Å². The van der Waals surface area contributed by atoms with E-state index in [0.717, 1.165) is 12.2 Å². The number of para-hydroxylation sites is 2. The Bertz CT molecular complexity index is 833. The van der Waals surface area contributed by atoms with Gasteiger partial charge in [0.15, 0.2) is 20.2 Å². The summed E-state index contributed by atoms with van der Waals surface area (Å²) in [5.74, 6) is 1.83. The molecular formula is C18H22N4O4S3. The molecule has 0 spiro atoms. The van der Waals surface area contributed by atoms with Crippen molar-refractivity contribution in [2.24, 2.45) is 0 Å². The minimum atomic E-state index is -0.220. The first-order chi connectivity index (χ1) is 14.1. The lowest BCUT2D eigenvalue weighted by Gasteiger charge is -2.26. The van der Waals surface area contributed by atoms with Crippen LogP contribution in [0.25, 0.3) is 0 Å². The summed E-state index contributed by atoms with van der Waals surface area (Å²) in [7, 11) is 0. The summed E-state index contributed by atoms with van der Waals surface area (Å²) in [6, 6.07) is 7.47. The fraction of sp³-hybridized carbons (Fsp3) is 0.444. The van der Waals surface area contributed by atoms with Gasteiger partial charge >= 0.3 is 0 Å². The predicted molar refractivity (Wildman–Crippen MR) is 114 cm³/mol. The molecule has 1 atom stereocenters. The topological polar surface area (TPSA) is 102 Å². The van der Waals surface area contributed by atoms with E-state index >= 15 is 0 Å². The summed E-state index contributed by atoms with van der Waals surface area (Å²) in [5, 5.41) is 13.8. The highest BCUT2D eigenvalue weighted by atomic mass is 32.2. The molecule has 11 heteroatoms. The van der Waals surface area contributed by atoms with Crippen molar-refractivity contribution in [1.29, 1.82) is 0 Å². The lowest BCUT2D eigenvalue weighted by Crippen LogP contribution is -2.41. The first kappa shape index (κ1) is 21.7. The summed E-state index contributed by atoms with van der Waals surface area (Å²) in [5.41, 5.74) is 0. The fourth-order valence-corrected chi connectivity index (χ4v) is 5.01. The van der Waals surface area contributed by atoms with E-state index in [-0.39, 0.29) is 23.7 Å². The Morgan fingerprint density at radius 3 is 2.45 bits per heavy atom. The van der Waals surface area contributed by atoms with E-state index in [0.29, 0.717) is 39.9 Å². The van der Waals surface area contributed by atoms with Gasteiger partial charge in [0.25, 0.3) is 0 Å². The number of rotatable bonds is 10. The van der Waals surface area contributed by atoms with Crippen LogP contribution in [0, 0.1) is 0 Å². The van der Waals surface area contributed by atoms with Crippen LogP contribution in [0.1, 0.15) is 13.3 Å². The van der Waals surface area contributed by atoms with Gasteiger partial charge in [0, 0.05) is 6.54 Å². The zero-order valence-corrected chi connectivity index (χ0v) is 18.3. The monoisotopic (exact) mass is 454 g/mol. The highest BCUT2D eigenvalue weighted by Gasteiger charge is 2.21. The van der Waals surface area contributed by atoms with Crippen LogP contribution in [0.2, 0.25) is 0 Å². The molecule has 3 rings (SSSR count). The number of ether oxygens (including phenoxy) is 2. The van der Waals surface area contributed by atoms with Gasteiger partial charge in [0.1, 0.15) is 12.7 Å². The minimum absolute atomic E-state index is 0.0165. The van der Waals surface area contributed by atoms with Crippen molar-refractivity contribution in [2.45, 2.75) is 28.1 Å². The maximum absolute atomic E-state index is 12.1. The molecule has 0 aliphatic carbocycles. The van der Waals surface area contributed by atoms with E-state index < -0.39 is 0 Å². The molecule has 1 aliphatic heterocycles. The average Bonchev–Trinajstić information content (AvgIpc) is 3.21. The second-order valence-corrected chi connectivity index (χ2v) is 9.49. The number of benzene rings is 1. The molecule has 29 heavy (non-hydrogen) atoms. The quantitative estimate of drug-likeness (QED) is 0.527. The molecule has 2 heterocycles. The van der Waals surface area contributed by atoms with Crippen LogP contribution in [-0.4, -0.2) is 59.3 Å². The normalized spacial score (nSPS) is 15.0. The molecule has 2 N–H and O–H groups in total. The minimum Gasteiger partial charge on any atom is -0.486 e. The van der Waals surface area contributed by atoms with Crippen molar-refractivity contribution in [3.8, 4) is 11.5 Å². The van der Waals surface area contributed by atoms with Crippen LogP contribution >= 0.6 is 34.9 Å². The molecule has 8 nitrogen and oxygen atoms in total. The number of thioether (sulfide) groups is 2. The molecule has 2 aromatic rings. The standard InChI is InChI=1S/C18H22N4O4S3/c1-2-7-19-15(23)10-27-17-21-22-18(29-17)28-11-16(24)20-8-12-9-25-13-5-3-4-6-14(13)26-12/h3-6,12H,2,7-11H2,1H3,(H,19,23)(H,20,24)/t12-/m0/s1. The molecule has 1 aromatic carbocycles. The Hall–Kier alpha value is -1.98. The van der Waals surface area contributed by atoms with Crippen molar-refractivity contribution in [2.75, 3.05) is 31.2 Å². The van der Waals surface area contributed by atoms with Gasteiger partial charge in [-0.3, -0.25) is 9.59 Å². The molecule has 1 aromatic heterocycles. The number of carbonyl (C=O) groups is 2. The summed E-state index contributed by atoms with van der Waals surface area (Å²) >= 11 is 4.04. The van der Waals surface area contributed by atoms with Crippen LogP contribution < -0.4 is 20.1 Å². The van der Waals surface area contributed by atoms with Crippen molar-refractivity contribution in [3.05, 3.63) is 24.3 Å². The smallest absolute Gasteiger partial charge is 0.230 e. The van der Waals surface area contributed by atoms with Crippen LogP contribution in [0.15, 0.2) is 32.9 Å². The Balaban J connectivity index is 1.34. The Kier molecular flexibility index (Phi) is 8.44. The number of aromatic nitrogens is 2. The molecule has 0 bridgehead atoms. The van der Waals surface area contributed by atoms with Crippen molar-refractivity contribution >= 4 is 46.7 Å². The van der Waals surface area contributed by atoms with Gasteiger partial charge in [0.2, 0.25) is 11.8 Å². The molecule has 2 amide bonds. The average molecular weight is 455 g/mol. The van der Waals surface area contributed by atoms with Gasteiger partial charge in [-0.15, -0.1) is 10.2 Å². The molecule has 156 valence electrons. The zero-order valence-electron chi connectivity index (χ0n) is 15.9. The fourth-order valence-electron chi connectivity index (χ4n) is 2.33. The highest BCUT2D eigenvalue weighted by Crippen LogP contribution is 2.31. The van der Waals surface area contributed by atoms with Crippen molar-refractivity contribution in [3.63, 3.8) is 0 Å². The Morgan fingerprint density at radius 1 is 1.10 bits per heavy atom. The molecule has 1 aliphatic rings. The first-order valence-electron chi connectivity index (χ1n) is 9.15. The number of hydrogen-bond donors (Lipinski definition) is 2. The molecule has 0 radical (unpaired) electrons. The van der Waals surface area contributed by atoms with Gasteiger partial charge in [-0.1, -0.05) is 53.9 Å². The van der Waals surface area contributed by atoms with Gasteiger partial charge < -0.3 is 20.1 Å². The van der Waals surface area contributed by atoms with Gasteiger partial charge in [-0.2, -0.15) is 0 Å². The van der Waals surface area contributed by atoms with Crippen LogP contribution in [-0.2, 0) is 9.59 Å². The highest BCUT2D eigenvalue weighted by molar-refractivity contribution is 8.03. The van der Waals surface area contributed by atoms with E-state index in [4.69, 9.17) is 9.47 Å². The van der Waals surface area contributed by atoms with E-state index in [1.165, 1.54) is 34.9 Å². The van der Waals surface area contributed by atoms with E-state index in [2.05, 4.69) is 20.8 Å². The van der Waals surface area contributed by atoms with E-state index in [9.17, 15) is 9.59 Å². The van der Waals surface area contributed by atoms with Gasteiger partial charge in [-0.05, 0) is 18.6 Å². The predicted octanol–water partition coefficient (Wildman–Crippen LogP) is 2.20. The summed E-state index contributed by atoms with van der Waals surface area (Å²) in [6.45, 7) is 3.45. The SMILES string of the molecule is CCCNC(=O)CSc1nnc(SCC(=O)NC[C@H]2COc3ccccc3O2)s1. The van der Waals surface area contributed by atoms with Crippen molar-refractivity contribution < 1.29 is 19.1 Å². The number of nitrogens with one attached hydrogen (secondary N) is 2. The van der Waals surface area contributed by atoms with E-state index in [1.54, 1.807) is 0 Å². The number of fused-ring (bicyclic) bond motifs is 1. The second-order valence-electron chi connectivity index (χ2n) is 6.06. The third-order valence-corrected chi connectivity index (χ3v) is 6.90. The molecular weight excluding hydrogens is 432 g/mol. The number of carbonyl (C=O) groups excluding carboxylic acids is 2. The van der Waals surface area contributed by atoms with E-state index in [1.807, 2.05) is 31.2 Å². The molecule has 0 saturated heterocycles. The number of nitrogens with zero attached hydrogens (tertiary/aromatic N) is 2. The zero-order chi connectivity index (χ0) is 20.5. The largest absolute Gasteiger partial charge is 0.486 e. The molecule has 0 saturated carbocycles. The maximum atomic E-state index is 12.1. The lowest BCUT2D eigenvalue weighted by atomic mass is 10.2. The summed E-state index contributed by atoms with van der Waals surface area (Å²) in [6.07, 6.45) is 0.688. The maximum Gasteiger partial charge on any atom is 0.230 e. The number of hydrogen-bond acceptors (Lipinski definition) is 9. The summed E-state index contributed by atoms with van der Waals surface area (Å²) < 4.78 is 12.9. The third-order valence-electron chi connectivity index (χ3n) is 3.71. The third kappa shape index (κ3) is 7.09. The molecule has 0 fully saturated rings. The Labute approximate surface area is 181 Å². The number of amides is 2. The van der Waals surface area contributed by atoms with Crippen molar-refractivity contribution in [1.82, 2.24) is 20.8 Å².